The highest BCUT2D eigenvalue weighted by Gasteiger charge is 2.26. The third-order valence-electron chi connectivity index (χ3n) is 2.66. The lowest BCUT2D eigenvalue weighted by atomic mass is 9.78. The molecule has 0 bridgehead atoms. The van der Waals surface area contributed by atoms with E-state index in [-0.39, 0.29) is 0 Å². The van der Waals surface area contributed by atoms with Crippen LogP contribution in [0.1, 0.15) is 32.6 Å². The summed E-state index contributed by atoms with van der Waals surface area (Å²) >= 11 is 3.23. The van der Waals surface area contributed by atoms with Crippen LogP contribution in [0.3, 0.4) is 0 Å². The minimum absolute atomic E-state index is 0.350. The Bertz CT molecular complexity index is 144. The van der Waals surface area contributed by atoms with Crippen LogP contribution in [0.4, 0.5) is 0 Å². The van der Waals surface area contributed by atoms with Crippen LogP contribution in [-0.2, 0) is 4.79 Å². The van der Waals surface area contributed by atoms with Crippen molar-refractivity contribution >= 4 is 21.7 Å². The number of rotatable bonds is 2. The van der Waals surface area contributed by atoms with E-state index in [1.54, 1.807) is 0 Å². The molecule has 1 nitrogen and oxygen atoms in total. The van der Waals surface area contributed by atoms with Gasteiger partial charge in [-0.15, -0.1) is 0 Å². The predicted octanol–water partition coefficient (Wildman–Crippen LogP) is 2.78. The molecule has 2 heteroatoms. The lowest BCUT2D eigenvalue weighted by Gasteiger charge is -2.26. The zero-order valence-corrected chi connectivity index (χ0v) is 8.56. The second-order valence-corrected chi connectivity index (χ2v) is 4.03. The molecule has 11 heavy (non-hydrogen) atoms. The average molecular weight is 219 g/mol. The number of ketones is 1. The summed E-state index contributed by atoms with van der Waals surface area (Å²) in [7, 11) is 0. The lowest BCUT2D eigenvalue weighted by molar-refractivity contribution is -0.122. The van der Waals surface area contributed by atoms with Crippen molar-refractivity contribution in [3.8, 4) is 0 Å². The van der Waals surface area contributed by atoms with Crippen LogP contribution in [-0.4, -0.2) is 11.1 Å². The normalized spacial score (nSPS) is 31.8. The van der Waals surface area contributed by atoms with Gasteiger partial charge in [0.05, 0.1) is 5.33 Å². The van der Waals surface area contributed by atoms with Crippen molar-refractivity contribution in [3.63, 3.8) is 0 Å². The molecule has 0 aromatic carbocycles. The molecule has 1 fully saturated rings. The van der Waals surface area contributed by atoms with Crippen molar-refractivity contribution in [2.75, 3.05) is 5.33 Å². The highest BCUT2D eigenvalue weighted by atomic mass is 79.9. The van der Waals surface area contributed by atoms with Gasteiger partial charge in [-0.2, -0.15) is 0 Å². The maximum absolute atomic E-state index is 11.3. The molecule has 1 rings (SSSR count). The Morgan fingerprint density at radius 3 is 2.64 bits per heavy atom. The molecule has 0 heterocycles. The van der Waals surface area contributed by atoms with Gasteiger partial charge in [0, 0.05) is 5.92 Å². The molecular weight excluding hydrogens is 204 g/mol. The Morgan fingerprint density at radius 1 is 1.45 bits per heavy atom. The summed E-state index contributed by atoms with van der Waals surface area (Å²) in [5.41, 5.74) is 0. The molecular formula is C9H15BrO. The molecule has 0 aromatic heterocycles. The zero-order valence-electron chi connectivity index (χ0n) is 6.98. The third kappa shape index (κ3) is 2.29. The maximum atomic E-state index is 11.3. The molecule has 1 saturated carbocycles. The van der Waals surface area contributed by atoms with Gasteiger partial charge in [-0.1, -0.05) is 42.1 Å². The summed E-state index contributed by atoms with van der Waals surface area (Å²) in [4.78, 5) is 11.3. The number of carbonyl (C=O) groups is 1. The van der Waals surface area contributed by atoms with E-state index >= 15 is 0 Å². The molecule has 2 atom stereocenters. The Labute approximate surface area is 76.7 Å². The van der Waals surface area contributed by atoms with E-state index in [2.05, 4.69) is 22.9 Å². The first-order chi connectivity index (χ1) is 5.25. The van der Waals surface area contributed by atoms with Gasteiger partial charge in [0.15, 0.2) is 0 Å². The van der Waals surface area contributed by atoms with Gasteiger partial charge in [-0.05, 0) is 12.3 Å². The topological polar surface area (TPSA) is 17.1 Å². The first-order valence-corrected chi connectivity index (χ1v) is 5.46. The van der Waals surface area contributed by atoms with Gasteiger partial charge < -0.3 is 0 Å². The minimum atomic E-state index is 0.350. The molecule has 0 radical (unpaired) electrons. The summed E-state index contributed by atoms with van der Waals surface area (Å²) in [6.45, 7) is 2.20. The van der Waals surface area contributed by atoms with Crippen molar-refractivity contribution in [1.29, 1.82) is 0 Å². The molecule has 64 valence electrons. The molecule has 0 aliphatic heterocycles. The zero-order chi connectivity index (χ0) is 8.27. The Hall–Kier alpha value is 0.150. The van der Waals surface area contributed by atoms with Crippen molar-refractivity contribution in [2.45, 2.75) is 32.6 Å². The Balaban J connectivity index is 2.47. The monoisotopic (exact) mass is 218 g/mol. The second-order valence-electron chi connectivity index (χ2n) is 3.47. The molecule has 0 unspecified atom stereocenters. The van der Waals surface area contributed by atoms with Crippen LogP contribution >= 0.6 is 15.9 Å². The Morgan fingerprint density at radius 2 is 2.09 bits per heavy atom. The lowest BCUT2D eigenvalue weighted by Crippen LogP contribution is -2.25. The average Bonchev–Trinajstić information content (AvgIpc) is 2.04. The van der Waals surface area contributed by atoms with Crippen LogP contribution in [0, 0.1) is 11.8 Å². The van der Waals surface area contributed by atoms with Crippen LogP contribution in [0.15, 0.2) is 0 Å². The molecule has 0 aromatic rings. The molecule has 1 aliphatic carbocycles. The van der Waals surface area contributed by atoms with Crippen LogP contribution in [0.2, 0.25) is 0 Å². The van der Waals surface area contributed by atoms with Gasteiger partial charge in [-0.25, -0.2) is 0 Å². The minimum Gasteiger partial charge on any atom is -0.298 e. The van der Waals surface area contributed by atoms with E-state index in [1.807, 2.05) is 0 Å². The number of hydrogen-bond donors (Lipinski definition) is 0. The van der Waals surface area contributed by atoms with E-state index in [9.17, 15) is 4.79 Å². The highest BCUT2D eigenvalue weighted by molar-refractivity contribution is 9.09. The third-order valence-corrected chi connectivity index (χ3v) is 3.21. The first-order valence-electron chi connectivity index (χ1n) is 4.34. The van der Waals surface area contributed by atoms with Gasteiger partial charge in [0.2, 0.25) is 0 Å². The summed E-state index contributed by atoms with van der Waals surface area (Å²) in [5.74, 6) is 1.37. The van der Waals surface area contributed by atoms with Crippen LogP contribution in [0.25, 0.3) is 0 Å². The summed E-state index contributed by atoms with van der Waals surface area (Å²) in [5, 5.41) is 0.544. The van der Waals surface area contributed by atoms with E-state index in [4.69, 9.17) is 0 Å². The smallest absolute Gasteiger partial charge is 0.146 e. The summed E-state index contributed by atoms with van der Waals surface area (Å²) < 4.78 is 0. The standard InChI is InChI=1S/C9H15BrO/c1-7-4-2-3-5-8(7)9(11)6-10/h7-8H,2-6H2,1H3/t7-,8+/m1/s1. The summed E-state index contributed by atoms with van der Waals surface area (Å²) in [6, 6.07) is 0. The molecule has 0 saturated heterocycles. The predicted molar refractivity (Wildman–Crippen MR) is 49.9 cm³/mol. The second kappa shape index (κ2) is 4.24. The number of alkyl halides is 1. The molecule has 0 N–H and O–H groups in total. The quantitative estimate of drug-likeness (QED) is 0.652. The van der Waals surface area contributed by atoms with E-state index in [0.29, 0.717) is 22.9 Å². The fraction of sp³-hybridized carbons (Fsp3) is 0.889. The number of hydrogen-bond acceptors (Lipinski definition) is 1. The highest BCUT2D eigenvalue weighted by Crippen LogP contribution is 2.30. The number of Topliss-reactive ketones (excluding diaryl/α,β-unsaturated/α-hetero) is 1. The van der Waals surface area contributed by atoms with Crippen molar-refractivity contribution in [3.05, 3.63) is 0 Å². The Kier molecular flexibility index (Phi) is 3.57. The fourth-order valence-corrected chi connectivity index (χ4v) is 2.31. The fourth-order valence-electron chi connectivity index (χ4n) is 1.89. The van der Waals surface area contributed by atoms with Gasteiger partial charge >= 0.3 is 0 Å². The van der Waals surface area contributed by atoms with Crippen LogP contribution in [0.5, 0.6) is 0 Å². The van der Waals surface area contributed by atoms with Gasteiger partial charge in [0.25, 0.3) is 0 Å². The molecule has 1 aliphatic rings. The van der Waals surface area contributed by atoms with Gasteiger partial charge in [-0.3, -0.25) is 4.79 Å². The van der Waals surface area contributed by atoms with E-state index < -0.39 is 0 Å². The molecule has 0 spiro atoms. The number of halogens is 1. The van der Waals surface area contributed by atoms with Crippen molar-refractivity contribution in [1.82, 2.24) is 0 Å². The largest absolute Gasteiger partial charge is 0.298 e. The number of carbonyl (C=O) groups excluding carboxylic acids is 1. The SMILES string of the molecule is C[C@@H]1CCCC[C@@H]1C(=O)CBr. The first kappa shape index (κ1) is 9.24. The molecule has 0 amide bonds. The van der Waals surface area contributed by atoms with Gasteiger partial charge in [0.1, 0.15) is 5.78 Å². The maximum Gasteiger partial charge on any atom is 0.146 e. The van der Waals surface area contributed by atoms with E-state index in [0.717, 1.165) is 6.42 Å². The van der Waals surface area contributed by atoms with Crippen molar-refractivity contribution < 1.29 is 4.79 Å². The van der Waals surface area contributed by atoms with Crippen LogP contribution < -0.4 is 0 Å². The summed E-state index contributed by atoms with van der Waals surface area (Å²) in [6.07, 6.45) is 4.91. The van der Waals surface area contributed by atoms with E-state index in [1.165, 1.54) is 19.3 Å². The van der Waals surface area contributed by atoms with Crippen molar-refractivity contribution in [2.24, 2.45) is 11.8 Å².